The third-order valence-electron chi connectivity index (χ3n) is 3.91. The molecule has 1 N–H and O–H groups in total. The van der Waals surface area contributed by atoms with Crippen molar-refractivity contribution in [3.8, 4) is 0 Å². The maximum absolute atomic E-state index is 13.6. The Kier molecular flexibility index (Phi) is 5.47. The molecule has 1 saturated heterocycles. The molecule has 1 heterocycles. The summed E-state index contributed by atoms with van der Waals surface area (Å²) in [6, 6.07) is 6.50. The van der Waals surface area contributed by atoms with Crippen LogP contribution in [-0.4, -0.2) is 40.1 Å². The van der Waals surface area contributed by atoms with Crippen LogP contribution < -0.4 is 0 Å². The quantitative estimate of drug-likeness (QED) is 0.920. The SMILES string of the molecule is CC1(C)CCN(CCC(O)c2ccccc2F)CCS1. The van der Waals surface area contributed by atoms with E-state index in [0.717, 1.165) is 31.8 Å². The highest BCUT2D eigenvalue weighted by Gasteiger charge is 2.24. The number of aliphatic hydroxyl groups is 1. The Morgan fingerprint density at radius 2 is 2.10 bits per heavy atom. The molecule has 4 heteroatoms. The van der Waals surface area contributed by atoms with E-state index in [9.17, 15) is 9.50 Å². The maximum atomic E-state index is 13.6. The van der Waals surface area contributed by atoms with Gasteiger partial charge in [-0.3, -0.25) is 0 Å². The first-order valence-corrected chi connectivity index (χ1v) is 8.25. The number of halogens is 1. The number of rotatable bonds is 4. The van der Waals surface area contributed by atoms with Gasteiger partial charge in [0.15, 0.2) is 0 Å². The topological polar surface area (TPSA) is 23.5 Å². The molecular weight excluding hydrogens is 273 g/mol. The van der Waals surface area contributed by atoms with Crippen molar-refractivity contribution in [3.63, 3.8) is 0 Å². The normalized spacial score (nSPS) is 21.4. The fourth-order valence-corrected chi connectivity index (χ4v) is 3.63. The minimum absolute atomic E-state index is 0.312. The van der Waals surface area contributed by atoms with E-state index in [4.69, 9.17) is 0 Å². The largest absolute Gasteiger partial charge is 0.388 e. The van der Waals surface area contributed by atoms with Gasteiger partial charge in [-0.15, -0.1) is 0 Å². The molecule has 1 atom stereocenters. The van der Waals surface area contributed by atoms with Crippen molar-refractivity contribution < 1.29 is 9.50 Å². The van der Waals surface area contributed by atoms with Gasteiger partial charge in [-0.1, -0.05) is 32.0 Å². The highest BCUT2D eigenvalue weighted by Crippen LogP contribution is 2.31. The standard InChI is InChI=1S/C16H24FNOS/c1-16(2)8-10-18(11-12-20-16)9-7-15(19)13-5-3-4-6-14(13)17/h3-6,15,19H,7-12H2,1-2H3. The van der Waals surface area contributed by atoms with Crippen LogP contribution in [0.25, 0.3) is 0 Å². The molecule has 1 aromatic rings. The summed E-state index contributed by atoms with van der Waals surface area (Å²) in [5.74, 6) is 0.815. The first-order valence-electron chi connectivity index (χ1n) is 7.27. The van der Waals surface area contributed by atoms with Crippen LogP contribution in [0, 0.1) is 5.82 Å². The van der Waals surface area contributed by atoms with Crippen LogP contribution in [0.1, 0.15) is 38.4 Å². The average Bonchev–Trinajstić information content (AvgIpc) is 2.57. The predicted octanol–water partition coefficient (Wildman–Crippen LogP) is 3.47. The van der Waals surface area contributed by atoms with Gasteiger partial charge in [-0.25, -0.2) is 4.39 Å². The molecule has 0 radical (unpaired) electrons. The van der Waals surface area contributed by atoms with Gasteiger partial charge in [0.25, 0.3) is 0 Å². The number of hydrogen-bond acceptors (Lipinski definition) is 3. The summed E-state index contributed by atoms with van der Waals surface area (Å²) in [6.45, 7) is 7.51. The van der Waals surface area contributed by atoms with Crippen molar-refractivity contribution in [2.45, 2.75) is 37.5 Å². The van der Waals surface area contributed by atoms with Crippen molar-refractivity contribution in [1.29, 1.82) is 0 Å². The zero-order valence-electron chi connectivity index (χ0n) is 12.3. The Labute approximate surface area is 125 Å². The summed E-state index contributed by atoms with van der Waals surface area (Å²) in [7, 11) is 0. The van der Waals surface area contributed by atoms with E-state index in [1.165, 1.54) is 6.07 Å². The first kappa shape index (κ1) is 15.8. The molecule has 112 valence electrons. The third-order valence-corrected chi connectivity index (χ3v) is 5.29. The van der Waals surface area contributed by atoms with E-state index in [-0.39, 0.29) is 5.82 Å². The fourth-order valence-electron chi connectivity index (χ4n) is 2.49. The van der Waals surface area contributed by atoms with Crippen molar-refractivity contribution in [2.24, 2.45) is 0 Å². The van der Waals surface area contributed by atoms with Crippen molar-refractivity contribution in [3.05, 3.63) is 35.6 Å². The monoisotopic (exact) mass is 297 g/mol. The summed E-state index contributed by atoms with van der Waals surface area (Å²) in [5.41, 5.74) is 0.414. The van der Waals surface area contributed by atoms with Gasteiger partial charge < -0.3 is 10.0 Å². The summed E-state index contributed by atoms with van der Waals surface area (Å²) in [5, 5.41) is 10.1. The smallest absolute Gasteiger partial charge is 0.128 e. The summed E-state index contributed by atoms with van der Waals surface area (Å²) in [4.78, 5) is 2.38. The second-order valence-corrected chi connectivity index (χ2v) is 7.83. The Balaban J connectivity index is 1.84. The zero-order chi connectivity index (χ0) is 14.6. The van der Waals surface area contributed by atoms with E-state index in [2.05, 4.69) is 18.7 Å². The highest BCUT2D eigenvalue weighted by atomic mass is 32.2. The van der Waals surface area contributed by atoms with Gasteiger partial charge in [-0.2, -0.15) is 11.8 Å². The lowest BCUT2D eigenvalue weighted by Gasteiger charge is -2.23. The van der Waals surface area contributed by atoms with Crippen molar-refractivity contribution in [2.75, 3.05) is 25.4 Å². The second kappa shape index (κ2) is 6.92. The molecule has 0 amide bonds. The molecule has 2 nitrogen and oxygen atoms in total. The highest BCUT2D eigenvalue weighted by molar-refractivity contribution is 8.00. The van der Waals surface area contributed by atoms with E-state index in [0.29, 0.717) is 16.7 Å². The van der Waals surface area contributed by atoms with E-state index >= 15 is 0 Å². The molecule has 1 aromatic carbocycles. The minimum Gasteiger partial charge on any atom is -0.388 e. The Hall–Kier alpha value is -0.580. The fraction of sp³-hybridized carbons (Fsp3) is 0.625. The molecule has 1 aliphatic heterocycles. The minimum atomic E-state index is -0.708. The van der Waals surface area contributed by atoms with Crippen LogP contribution in [0.2, 0.25) is 0 Å². The number of thioether (sulfide) groups is 1. The molecule has 0 spiro atoms. The number of hydrogen-bond donors (Lipinski definition) is 1. The van der Waals surface area contributed by atoms with Gasteiger partial charge in [0.1, 0.15) is 5.82 Å². The summed E-state index contributed by atoms with van der Waals surface area (Å²) >= 11 is 2.01. The summed E-state index contributed by atoms with van der Waals surface area (Å²) in [6.07, 6.45) is 1.04. The van der Waals surface area contributed by atoms with Crippen LogP contribution in [0.15, 0.2) is 24.3 Å². The molecule has 1 fully saturated rings. The molecule has 0 aromatic heterocycles. The van der Waals surface area contributed by atoms with E-state index < -0.39 is 6.10 Å². The average molecular weight is 297 g/mol. The molecule has 20 heavy (non-hydrogen) atoms. The number of aliphatic hydroxyl groups excluding tert-OH is 1. The first-order chi connectivity index (χ1) is 9.48. The zero-order valence-corrected chi connectivity index (χ0v) is 13.1. The Morgan fingerprint density at radius 3 is 2.85 bits per heavy atom. The number of nitrogens with zero attached hydrogens (tertiary/aromatic N) is 1. The predicted molar refractivity (Wildman–Crippen MR) is 83.6 cm³/mol. The Bertz CT molecular complexity index is 438. The second-order valence-electron chi connectivity index (χ2n) is 6.03. The molecular formula is C16H24FNOS. The van der Waals surface area contributed by atoms with Gasteiger partial charge in [0.2, 0.25) is 0 Å². The van der Waals surface area contributed by atoms with Crippen molar-refractivity contribution in [1.82, 2.24) is 4.90 Å². The van der Waals surface area contributed by atoms with Gasteiger partial charge in [0.05, 0.1) is 6.10 Å². The lowest BCUT2D eigenvalue weighted by atomic mass is 10.1. The van der Waals surface area contributed by atoms with Crippen molar-refractivity contribution >= 4 is 11.8 Å². The van der Waals surface area contributed by atoms with Gasteiger partial charge in [-0.05, 0) is 25.5 Å². The van der Waals surface area contributed by atoms with E-state index in [1.54, 1.807) is 18.2 Å². The summed E-state index contributed by atoms with van der Waals surface area (Å²) < 4.78 is 13.9. The van der Waals surface area contributed by atoms with Crippen LogP contribution in [0.4, 0.5) is 4.39 Å². The molecule has 1 aliphatic rings. The Morgan fingerprint density at radius 1 is 1.35 bits per heavy atom. The molecule has 0 aliphatic carbocycles. The van der Waals surface area contributed by atoms with E-state index in [1.807, 2.05) is 11.8 Å². The molecule has 0 saturated carbocycles. The van der Waals surface area contributed by atoms with Crippen LogP contribution >= 0.6 is 11.8 Å². The van der Waals surface area contributed by atoms with Gasteiger partial charge in [0, 0.05) is 29.2 Å². The molecule has 1 unspecified atom stereocenters. The molecule has 2 rings (SSSR count). The van der Waals surface area contributed by atoms with Crippen LogP contribution in [0.5, 0.6) is 0 Å². The lowest BCUT2D eigenvalue weighted by molar-refractivity contribution is 0.140. The van der Waals surface area contributed by atoms with Crippen LogP contribution in [0.3, 0.4) is 0 Å². The molecule has 0 bridgehead atoms. The maximum Gasteiger partial charge on any atom is 0.128 e. The van der Waals surface area contributed by atoms with Gasteiger partial charge >= 0.3 is 0 Å². The number of benzene rings is 1. The lowest BCUT2D eigenvalue weighted by Crippen LogP contribution is -2.29. The third kappa shape index (κ3) is 4.47. The van der Waals surface area contributed by atoms with Crippen LogP contribution in [-0.2, 0) is 0 Å².